The number of nitrogens with zero attached hydrogens (tertiary/aromatic N) is 1. The molecule has 1 aromatic heterocycles. The molecule has 0 aliphatic rings. The van der Waals surface area contributed by atoms with E-state index in [1.165, 1.54) is 26.3 Å². The smallest absolute Gasteiger partial charge is 0.328 e. The molecule has 0 saturated carbocycles. The third-order valence-corrected chi connectivity index (χ3v) is 5.44. The molecule has 0 fully saturated rings. The van der Waals surface area contributed by atoms with E-state index in [0.29, 0.717) is 18.1 Å². The first-order valence-electron chi connectivity index (χ1n) is 12.6. The highest BCUT2D eigenvalue weighted by Gasteiger charge is 2.28. The zero-order valence-corrected chi connectivity index (χ0v) is 23.1. The zero-order valence-electron chi connectivity index (χ0n) is 23.1. The summed E-state index contributed by atoms with van der Waals surface area (Å²) in [4.78, 5) is 41.7. The average molecular weight is 531 g/mol. The Morgan fingerprint density at radius 2 is 1.63 bits per heavy atom. The number of hydrogen-bond donors (Lipinski definition) is 1. The minimum absolute atomic E-state index is 0.0220. The molecule has 0 aliphatic carbocycles. The van der Waals surface area contributed by atoms with Crippen molar-refractivity contribution in [3.05, 3.63) is 48.3 Å². The highest BCUT2D eigenvalue weighted by atomic mass is 16.7. The number of ether oxygens (including phenoxy) is 5. The van der Waals surface area contributed by atoms with E-state index < -0.39 is 36.8 Å². The van der Waals surface area contributed by atoms with Gasteiger partial charge in [0.2, 0.25) is 6.79 Å². The van der Waals surface area contributed by atoms with Crippen molar-refractivity contribution >= 4 is 17.8 Å². The van der Waals surface area contributed by atoms with Gasteiger partial charge in [-0.05, 0) is 38.3 Å². The lowest BCUT2D eigenvalue weighted by atomic mass is 10.0. The van der Waals surface area contributed by atoms with E-state index in [2.05, 4.69) is 24.1 Å². The Morgan fingerprint density at radius 3 is 2.24 bits per heavy atom. The number of hydrogen-bond acceptors (Lipinski definition) is 9. The molecule has 1 aromatic carbocycles. The predicted octanol–water partition coefficient (Wildman–Crippen LogP) is 4.17. The molecule has 38 heavy (non-hydrogen) atoms. The second-order valence-corrected chi connectivity index (χ2v) is 9.51. The zero-order chi connectivity index (χ0) is 28.2. The molecule has 10 heteroatoms. The SMILES string of the molecule is COc1ccnc(C(=O)N[C@@H](C)C(=O)O[C@@H](C)[C@@H](CC(C)C)Oc2ccccc2)c1OCOC(=O)C(C)C. The first-order chi connectivity index (χ1) is 18.0. The quantitative estimate of drug-likeness (QED) is 0.283. The lowest BCUT2D eigenvalue weighted by Crippen LogP contribution is -2.43. The topological polar surface area (TPSA) is 122 Å². The number of pyridine rings is 1. The fourth-order valence-electron chi connectivity index (χ4n) is 3.36. The maximum absolute atomic E-state index is 13.0. The number of amides is 1. The van der Waals surface area contributed by atoms with Crippen LogP contribution in [0.1, 0.15) is 58.5 Å². The van der Waals surface area contributed by atoms with Crippen molar-refractivity contribution in [1.82, 2.24) is 10.3 Å². The largest absolute Gasteiger partial charge is 0.493 e. The number of methoxy groups -OCH3 is 1. The van der Waals surface area contributed by atoms with Gasteiger partial charge in [-0.15, -0.1) is 0 Å². The van der Waals surface area contributed by atoms with Crippen molar-refractivity contribution in [2.45, 2.75) is 66.2 Å². The number of rotatable bonds is 14. The minimum atomic E-state index is -0.999. The van der Waals surface area contributed by atoms with Gasteiger partial charge in [0, 0.05) is 12.3 Å². The Balaban J connectivity index is 2.06. The first kappa shape index (κ1) is 30.4. The average Bonchev–Trinajstić information content (AvgIpc) is 2.88. The van der Waals surface area contributed by atoms with Crippen LogP contribution >= 0.6 is 0 Å². The lowest BCUT2D eigenvalue weighted by Gasteiger charge is -2.27. The number of nitrogens with one attached hydrogen (secondary N) is 1. The lowest BCUT2D eigenvalue weighted by molar-refractivity contribution is -0.155. The number of carbonyl (C=O) groups excluding carboxylic acids is 3. The monoisotopic (exact) mass is 530 g/mol. The molecule has 10 nitrogen and oxygen atoms in total. The summed E-state index contributed by atoms with van der Waals surface area (Å²) in [6.07, 6.45) is 1.08. The standard InChI is InChI=1S/C28H38N2O8/c1-17(2)15-23(38-21-11-9-8-10-12-21)20(6)37-28(33)19(5)30-26(31)24-25(22(34-7)13-14-29-24)35-16-36-27(32)18(3)4/h8-14,17-20,23H,15-16H2,1-7H3,(H,30,31)/t19-,20-,23+/m0/s1. The van der Waals surface area contributed by atoms with Crippen LogP contribution in [0.2, 0.25) is 0 Å². The van der Waals surface area contributed by atoms with Gasteiger partial charge in [-0.3, -0.25) is 9.59 Å². The molecule has 3 atom stereocenters. The van der Waals surface area contributed by atoms with E-state index in [0.717, 1.165) is 0 Å². The highest BCUT2D eigenvalue weighted by Crippen LogP contribution is 2.29. The fourth-order valence-corrected chi connectivity index (χ4v) is 3.36. The summed E-state index contributed by atoms with van der Waals surface area (Å²) in [5, 5.41) is 2.58. The van der Waals surface area contributed by atoms with Gasteiger partial charge in [-0.25, -0.2) is 9.78 Å². The summed E-state index contributed by atoms with van der Waals surface area (Å²) >= 11 is 0. The van der Waals surface area contributed by atoms with Crippen LogP contribution in [0.25, 0.3) is 0 Å². The van der Waals surface area contributed by atoms with E-state index in [1.807, 2.05) is 30.3 Å². The Bertz CT molecular complexity index is 1060. The number of aromatic nitrogens is 1. The van der Waals surface area contributed by atoms with Crippen LogP contribution in [0.4, 0.5) is 0 Å². The minimum Gasteiger partial charge on any atom is -0.493 e. The van der Waals surface area contributed by atoms with E-state index >= 15 is 0 Å². The summed E-state index contributed by atoms with van der Waals surface area (Å²) in [5.74, 6) is -0.952. The van der Waals surface area contributed by atoms with Crippen LogP contribution in [0.5, 0.6) is 17.2 Å². The Kier molecular flexibility index (Phi) is 11.8. The van der Waals surface area contributed by atoms with Gasteiger partial charge in [0.1, 0.15) is 24.0 Å². The molecule has 208 valence electrons. The summed E-state index contributed by atoms with van der Waals surface area (Å²) in [5.41, 5.74) is -0.136. The van der Waals surface area contributed by atoms with Gasteiger partial charge in [0.15, 0.2) is 17.2 Å². The van der Waals surface area contributed by atoms with Crippen LogP contribution < -0.4 is 19.5 Å². The maximum atomic E-state index is 13.0. The number of carbonyl (C=O) groups is 3. The van der Waals surface area contributed by atoms with Gasteiger partial charge >= 0.3 is 11.9 Å². The van der Waals surface area contributed by atoms with E-state index in [-0.39, 0.29) is 29.2 Å². The molecule has 2 rings (SSSR count). The summed E-state index contributed by atoms with van der Waals surface area (Å²) in [6.45, 7) is 10.3. The van der Waals surface area contributed by atoms with Crippen molar-refractivity contribution in [1.29, 1.82) is 0 Å². The van der Waals surface area contributed by atoms with Crippen LogP contribution in [0.3, 0.4) is 0 Å². The highest BCUT2D eigenvalue weighted by molar-refractivity contribution is 5.98. The molecule has 1 heterocycles. The molecule has 0 unspecified atom stereocenters. The number of esters is 2. The Labute approximate surface area is 224 Å². The van der Waals surface area contributed by atoms with E-state index in [1.54, 1.807) is 20.8 Å². The second kappa shape index (κ2) is 14.8. The molecule has 2 aromatic rings. The second-order valence-electron chi connectivity index (χ2n) is 9.51. The Morgan fingerprint density at radius 1 is 0.947 bits per heavy atom. The molecule has 0 radical (unpaired) electrons. The van der Waals surface area contributed by atoms with Gasteiger partial charge < -0.3 is 29.0 Å². The third-order valence-electron chi connectivity index (χ3n) is 5.44. The van der Waals surface area contributed by atoms with Crippen molar-refractivity contribution in [3.8, 4) is 17.2 Å². The fraction of sp³-hybridized carbons (Fsp3) is 0.500. The van der Waals surface area contributed by atoms with E-state index in [4.69, 9.17) is 23.7 Å². The molecule has 0 saturated heterocycles. The predicted molar refractivity (Wildman–Crippen MR) is 140 cm³/mol. The molecule has 0 aliphatic heterocycles. The molecule has 1 N–H and O–H groups in total. The van der Waals surface area contributed by atoms with Gasteiger partial charge in [0.25, 0.3) is 5.91 Å². The van der Waals surface area contributed by atoms with Gasteiger partial charge in [0.05, 0.1) is 13.0 Å². The van der Waals surface area contributed by atoms with Gasteiger partial charge in [-0.1, -0.05) is 45.9 Å². The summed E-state index contributed by atoms with van der Waals surface area (Å²) in [6, 6.07) is 9.82. The molecule has 1 amide bonds. The summed E-state index contributed by atoms with van der Waals surface area (Å²) < 4.78 is 27.6. The van der Waals surface area contributed by atoms with Gasteiger partial charge in [-0.2, -0.15) is 0 Å². The third kappa shape index (κ3) is 9.24. The van der Waals surface area contributed by atoms with Crippen molar-refractivity contribution < 1.29 is 38.1 Å². The normalized spacial score (nSPS) is 13.3. The van der Waals surface area contributed by atoms with Crippen LogP contribution in [0, 0.1) is 11.8 Å². The molecule has 0 spiro atoms. The van der Waals surface area contributed by atoms with Crippen LogP contribution in [0.15, 0.2) is 42.6 Å². The van der Waals surface area contributed by atoms with Crippen LogP contribution in [-0.4, -0.2) is 55.0 Å². The van der Waals surface area contributed by atoms with Crippen molar-refractivity contribution in [2.24, 2.45) is 11.8 Å². The molecular weight excluding hydrogens is 492 g/mol. The maximum Gasteiger partial charge on any atom is 0.328 e. The van der Waals surface area contributed by atoms with Crippen LogP contribution in [-0.2, 0) is 19.1 Å². The van der Waals surface area contributed by atoms with Crippen molar-refractivity contribution in [3.63, 3.8) is 0 Å². The molecular formula is C28H38N2O8. The number of para-hydroxylation sites is 1. The molecule has 0 bridgehead atoms. The van der Waals surface area contributed by atoms with Crippen molar-refractivity contribution in [2.75, 3.05) is 13.9 Å². The van der Waals surface area contributed by atoms with E-state index in [9.17, 15) is 14.4 Å². The summed E-state index contributed by atoms with van der Waals surface area (Å²) in [7, 11) is 1.40. The Hall–Kier alpha value is -3.82. The number of benzene rings is 1. The first-order valence-corrected chi connectivity index (χ1v) is 12.6.